The largest absolute Gasteiger partial charge is 0.366 e. The number of likely N-dealkylation sites (N-methyl/N-ethyl adjacent to an activating group) is 2. The molecule has 0 bridgehead atoms. The first-order valence-electron chi connectivity index (χ1n) is 12.1. The first-order valence-corrected chi connectivity index (χ1v) is 12.9. The lowest BCUT2D eigenvalue weighted by Crippen LogP contribution is -2.42. The van der Waals surface area contributed by atoms with Gasteiger partial charge in [0.1, 0.15) is 0 Å². The number of thiazole rings is 1. The second kappa shape index (κ2) is 11.4. The van der Waals surface area contributed by atoms with Crippen LogP contribution in [0, 0.1) is 0 Å². The molecule has 0 aliphatic heterocycles. The van der Waals surface area contributed by atoms with Crippen molar-refractivity contribution in [3.63, 3.8) is 0 Å². The van der Waals surface area contributed by atoms with Crippen molar-refractivity contribution in [1.82, 2.24) is 4.57 Å². The highest BCUT2D eigenvalue weighted by atomic mass is 32.1. The van der Waals surface area contributed by atoms with Crippen molar-refractivity contribution in [3.05, 3.63) is 83.2 Å². The number of para-hydroxylation sites is 1. The quantitative estimate of drug-likeness (QED) is 0.118. The van der Waals surface area contributed by atoms with Crippen molar-refractivity contribution in [3.8, 4) is 0 Å². The maximum atomic E-state index is 4.40. The fourth-order valence-corrected chi connectivity index (χ4v) is 4.66. The molecule has 4 aromatic rings. The summed E-state index contributed by atoms with van der Waals surface area (Å²) >= 11 is 1.62. The molecule has 0 saturated heterocycles. The number of hydrogen-bond acceptors (Lipinski definition) is 6. The summed E-state index contributed by atoms with van der Waals surface area (Å²) in [7, 11) is 8.67. The van der Waals surface area contributed by atoms with Crippen LogP contribution < -0.4 is 9.70 Å². The van der Waals surface area contributed by atoms with E-state index < -0.39 is 0 Å². The van der Waals surface area contributed by atoms with Crippen molar-refractivity contribution in [2.75, 3.05) is 45.7 Å². The minimum absolute atomic E-state index is 0.794. The lowest BCUT2D eigenvalue weighted by molar-refractivity contribution is -0.868. The van der Waals surface area contributed by atoms with Crippen LogP contribution in [0.25, 0.3) is 10.2 Å². The summed E-state index contributed by atoms with van der Waals surface area (Å²) in [6.07, 6.45) is 1.75. The van der Waals surface area contributed by atoms with Gasteiger partial charge in [-0.2, -0.15) is 15.3 Å². The van der Waals surface area contributed by atoms with Gasteiger partial charge in [-0.25, -0.2) is 0 Å². The van der Waals surface area contributed by atoms with E-state index in [1.165, 1.54) is 10.4 Å². The summed E-state index contributed by atoms with van der Waals surface area (Å²) < 4.78 is 4.20. The Balaban J connectivity index is 1.37. The molecule has 0 spiro atoms. The predicted octanol–water partition coefficient (Wildman–Crippen LogP) is 6.12. The molecule has 0 atom stereocenters. The highest BCUT2D eigenvalue weighted by molar-refractivity contribution is 7.16. The minimum atomic E-state index is 0.794. The Kier molecular flexibility index (Phi) is 8.07. The molecule has 186 valence electrons. The van der Waals surface area contributed by atoms with Crippen LogP contribution in [0.15, 0.2) is 93.2 Å². The van der Waals surface area contributed by atoms with Gasteiger partial charge in [0.25, 0.3) is 0 Å². The van der Waals surface area contributed by atoms with Crippen LogP contribution in [0.3, 0.4) is 0 Å². The van der Waals surface area contributed by atoms with Gasteiger partial charge in [0.15, 0.2) is 0 Å². The topological polar surface area (TPSA) is 57.6 Å². The Hall–Kier alpha value is -3.62. The van der Waals surface area contributed by atoms with Crippen molar-refractivity contribution in [1.29, 1.82) is 0 Å². The number of azo groups is 1. The van der Waals surface area contributed by atoms with E-state index in [1.807, 2.05) is 55.6 Å². The van der Waals surface area contributed by atoms with E-state index in [9.17, 15) is 0 Å². The number of aryl methyl sites for hydroxylation is 1. The summed E-state index contributed by atoms with van der Waals surface area (Å²) in [5, 5.41) is 17.5. The molecule has 3 aromatic carbocycles. The molecular formula is C28H34N7S+. The standard InChI is InChI=1S/C28H34N7S/c1-6-34(19-20-35(3,4)5)25-17-15-24(16-18-25)31-30-23-13-11-22(12-14-23)21-29-32-28-33(2)26-9-7-8-10-27(26)36-28/h7-18,21H,6,19-20H2,1-5H3/q+1/b29-21+,31-30+,32-28-. The van der Waals surface area contributed by atoms with Crippen molar-refractivity contribution < 1.29 is 4.48 Å². The molecule has 4 rings (SSSR count). The average Bonchev–Trinajstić information content (AvgIpc) is 3.19. The summed E-state index contributed by atoms with van der Waals surface area (Å²) in [6, 6.07) is 24.3. The number of fused-ring (bicyclic) bond motifs is 1. The van der Waals surface area contributed by atoms with Gasteiger partial charge in [0.2, 0.25) is 4.80 Å². The van der Waals surface area contributed by atoms with E-state index in [-0.39, 0.29) is 0 Å². The number of nitrogens with zero attached hydrogens (tertiary/aromatic N) is 7. The smallest absolute Gasteiger partial charge is 0.211 e. The number of aromatic nitrogens is 1. The molecule has 0 unspecified atom stereocenters. The molecule has 7 nitrogen and oxygen atoms in total. The Labute approximate surface area is 217 Å². The fraction of sp³-hybridized carbons (Fsp3) is 0.286. The molecule has 8 heteroatoms. The zero-order chi connectivity index (χ0) is 25.5. The SMILES string of the molecule is CCN(CC[N+](C)(C)C)c1ccc(/N=N/c2ccc(/C=N/N=c3\sc4ccccc4n3C)cc2)cc1. The van der Waals surface area contributed by atoms with Crippen LogP contribution in [-0.4, -0.2) is 56.0 Å². The third kappa shape index (κ3) is 6.74. The van der Waals surface area contributed by atoms with Crippen LogP contribution in [0.4, 0.5) is 17.1 Å². The average molecular weight is 501 g/mol. The number of rotatable bonds is 9. The fourth-order valence-electron chi connectivity index (χ4n) is 3.69. The maximum Gasteiger partial charge on any atom is 0.211 e. The minimum Gasteiger partial charge on any atom is -0.366 e. The van der Waals surface area contributed by atoms with E-state index in [4.69, 9.17) is 0 Å². The molecule has 0 radical (unpaired) electrons. The first kappa shape index (κ1) is 25.5. The van der Waals surface area contributed by atoms with Crippen molar-refractivity contribution in [2.45, 2.75) is 6.92 Å². The van der Waals surface area contributed by atoms with E-state index in [0.29, 0.717) is 0 Å². The van der Waals surface area contributed by atoms with Gasteiger partial charge in [-0.15, -0.1) is 5.10 Å². The number of benzene rings is 3. The van der Waals surface area contributed by atoms with E-state index >= 15 is 0 Å². The van der Waals surface area contributed by atoms with Crippen LogP contribution >= 0.6 is 11.3 Å². The molecular weight excluding hydrogens is 466 g/mol. The molecule has 1 heterocycles. The van der Waals surface area contributed by atoms with Crippen LogP contribution in [0.2, 0.25) is 0 Å². The third-order valence-electron chi connectivity index (χ3n) is 5.88. The van der Waals surface area contributed by atoms with Gasteiger partial charge in [-0.3, -0.25) is 0 Å². The third-order valence-corrected chi connectivity index (χ3v) is 6.98. The molecule has 0 N–H and O–H groups in total. The highest BCUT2D eigenvalue weighted by Crippen LogP contribution is 2.22. The van der Waals surface area contributed by atoms with Gasteiger partial charge in [-0.05, 0) is 61.0 Å². The monoisotopic (exact) mass is 500 g/mol. The van der Waals surface area contributed by atoms with Gasteiger partial charge >= 0.3 is 0 Å². The Bertz CT molecular complexity index is 1410. The van der Waals surface area contributed by atoms with Crippen LogP contribution in [-0.2, 0) is 7.05 Å². The summed E-state index contributed by atoms with van der Waals surface area (Å²) in [5.41, 5.74) is 4.95. The molecule has 0 fully saturated rings. The second-order valence-corrected chi connectivity index (χ2v) is 10.7. The van der Waals surface area contributed by atoms with Crippen molar-refractivity contribution in [2.24, 2.45) is 27.5 Å². The van der Waals surface area contributed by atoms with E-state index in [0.717, 1.165) is 51.4 Å². The predicted molar refractivity (Wildman–Crippen MR) is 152 cm³/mol. The molecule has 1 aromatic heterocycles. The van der Waals surface area contributed by atoms with E-state index in [1.54, 1.807) is 17.6 Å². The maximum absolute atomic E-state index is 4.40. The number of hydrogen-bond donors (Lipinski definition) is 0. The summed E-state index contributed by atoms with van der Waals surface area (Å²) in [5.74, 6) is 0. The van der Waals surface area contributed by atoms with Crippen LogP contribution in [0.1, 0.15) is 12.5 Å². The molecule has 36 heavy (non-hydrogen) atoms. The van der Waals surface area contributed by atoms with Crippen LogP contribution in [0.5, 0.6) is 0 Å². The molecule has 0 aliphatic rings. The molecule has 0 amide bonds. The second-order valence-electron chi connectivity index (χ2n) is 9.66. The molecule has 0 aliphatic carbocycles. The lowest BCUT2D eigenvalue weighted by atomic mass is 10.2. The first-order chi connectivity index (χ1) is 17.3. The summed E-state index contributed by atoms with van der Waals surface area (Å²) in [6.45, 7) is 5.28. The van der Waals surface area contributed by atoms with Gasteiger partial charge in [-0.1, -0.05) is 35.6 Å². The highest BCUT2D eigenvalue weighted by Gasteiger charge is 2.11. The zero-order valence-electron chi connectivity index (χ0n) is 21.7. The van der Waals surface area contributed by atoms with Gasteiger partial charge in [0.05, 0.1) is 62.0 Å². The molecule has 0 saturated carbocycles. The van der Waals surface area contributed by atoms with E-state index in [2.05, 4.69) is 82.2 Å². The Morgan fingerprint density at radius 3 is 2.14 bits per heavy atom. The van der Waals surface area contributed by atoms with Crippen molar-refractivity contribution >= 4 is 44.8 Å². The Morgan fingerprint density at radius 1 is 0.889 bits per heavy atom. The lowest BCUT2D eigenvalue weighted by Gasteiger charge is -2.29. The van der Waals surface area contributed by atoms with Gasteiger partial charge < -0.3 is 14.0 Å². The van der Waals surface area contributed by atoms with Gasteiger partial charge in [0, 0.05) is 19.3 Å². The number of quaternary nitrogens is 1. The normalized spacial score (nSPS) is 12.9. The zero-order valence-corrected chi connectivity index (χ0v) is 22.5. The number of anilines is 1. The Morgan fingerprint density at radius 2 is 1.53 bits per heavy atom. The summed E-state index contributed by atoms with van der Waals surface area (Å²) in [4.78, 5) is 3.25.